The van der Waals surface area contributed by atoms with Crippen LogP contribution in [0.2, 0.25) is 0 Å². The normalized spacial score (nSPS) is 10.9. The van der Waals surface area contributed by atoms with Crippen molar-refractivity contribution < 1.29 is 9.90 Å². The summed E-state index contributed by atoms with van der Waals surface area (Å²) in [5.41, 5.74) is 1.01. The number of carbonyl (C=O) groups excluding carboxylic acids is 1. The molecular formula is C15H15NO2. The van der Waals surface area contributed by atoms with Crippen LogP contribution in [0.4, 0.5) is 0 Å². The summed E-state index contributed by atoms with van der Waals surface area (Å²) in [6.07, 6.45) is 3.27. The van der Waals surface area contributed by atoms with Gasteiger partial charge in [-0.3, -0.25) is 4.79 Å². The Hall–Kier alpha value is -2.13. The smallest absolute Gasteiger partial charge is 0.244 e. The molecule has 0 aliphatic carbocycles. The lowest BCUT2D eigenvalue weighted by molar-refractivity contribution is -0.116. The highest BCUT2D eigenvalue weighted by Gasteiger charge is 1.98. The molecule has 2 rings (SSSR count). The number of carbonyl (C=O) groups is 1. The first-order valence-corrected chi connectivity index (χ1v) is 5.86. The Labute approximate surface area is 106 Å². The van der Waals surface area contributed by atoms with Crippen molar-refractivity contribution in [2.45, 2.75) is 0 Å². The standard InChI is InChI=1S/C15H15NO2/c17-11-10-16-15(18)9-8-13-6-3-5-12-4-1-2-7-14(12)13/h1-9,17H,10-11H2,(H,16,18). The number of hydrogen-bond acceptors (Lipinski definition) is 2. The van der Waals surface area contributed by atoms with Gasteiger partial charge in [-0.15, -0.1) is 0 Å². The van der Waals surface area contributed by atoms with E-state index in [1.807, 2.05) is 42.5 Å². The number of aliphatic hydroxyl groups excluding tert-OH is 1. The quantitative estimate of drug-likeness (QED) is 0.804. The molecule has 2 N–H and O–H groups in total. The van der Waals surface area contributed by atoms with E-state index >= 15 is 0 Å². The van der Waals surface area contributed by atoms with Gasteiger partial charge in [-0.25, -0.2) is 0 Å². The van der Waals surface area contributed by atoms with Crippen LogP contribution in [0.15, 0.2) is 48.5 Å². The van der Waals surface area contributed by atoms with Gasteiger partial charge in [-0.2, -0.15) is 0 Å². The van der Waals surface area contributed by atoms with Crippen LogP contribution in [-0.4, -0.2) is 24.2 Å². The lowest BCUT2D eigenvalue weighted by Crippen LogP contribution is -2.24. The minimum Gasteiger partial charge on any atom is -0.395 e. The van der Waals surface area contributed by atoms with Crippen molar-refractivity contribution in [3.05, 3.63) is 54.1 Å². The van der Waals surface area contributed by atoms with Crippen LogP contribution in [0.25, 0.3) is 16.8 Å². The minimum absolute atomic E-state index is 0.0478. The van der Waals surface area contributed by atoms with Gasteiger partial charge in [-0.05, 0) is 22.4 Å². The first kappa shape index (κ1) is 12.3. The summed E-state index contributed by atoms with van der Waals surface area (Å²) in [6.45, 7) is 0.229. The predicted molar refractivity (Wildman–Crippen MR) is 73.1 cm³/mol. The second kappa shape index (κ2) is 5.98. The highest BCUT2D eigenvalue weighted by molar-refractivity contribution is 5.96. The average molecular weight is 241 g/mol. The molecule has 18 heavy (non-hydrogen) atoms. The highest BCUT2D eigenvalue weighted by Crippen LogP contribution is 2.19. The van der Waals surface area contributed by atoms with Crippen LogP contribution in [0.5, 0.6) is 0 Å². The Morgan fingerprint density at radius 3 is 2.78 bits per heavy atom. The first-order valence-electron chi connectivity index (χ1n) is 5.86. The molecule has 0 radical (unpaired) electrons. The Morgan fingerprint density at radius 2 is 1.94 bits per heavy atom. The van der Waals surface area contributed by atoms with Crippen molar-refractivity contribution in [1.82, 2.24) is 5.32 Å². The molecule has 0 aromatic heterocycles. The summed E-state index contributed by atoms with van der Waals surface area (Å²) in [4.78, 5) is 11.4. The molecule has 2 aromatic carbocycles. The number of amides is 1. The average Bonchev–Trinajstić information content (AvgIpc) is 2.42. The lowest BCUT2D eigenvalue weighted by Gasteiger charge is -2.02. The van der Waals surface area contributed by atoms with Crippen molar-refractivity contribution in [2.75, 3.05) is 13.2 Å². The van der Waals surface area contributed by atoms with Crippen LogP contribution < -0.4 is 5.32 Å². The van der Waals surface area contributed by atoms with E-state index in [1.165, 1.54) is 6.08 Å². The van der Waals surface area contributed by atoms with E-state index in [0.717, 1.165) is 16.3 Å². The SMILES string of the molecule is O=C(C=Cc1cccc2ccccc12)NCCO. The van der Waals surface area contributed by atoms with Gasteiger partial charge >= 0.3 is 0 Å². The molecular weight excluding hydrogens is 226 g/mol. The van der Waals surface area contributed by atoms with Crippen molar-refractivity contribution in [3.63, 3.8) is 0 Å². The van der Waals surface area contributed by atoms with E-state index in [0.29, 0.717) is 0 Å². The molecule has 2 aromatic rings. The maximum atomic E-state index is 11.4. The molecule has 1 amide bonds. The third-order valence-corrected chi connectivity index (χ3v) is 2.65. The Kier molecular flexibility index (Phi) is 4.10. The second-order valence-electron chi connectivity index (χ2n) is 3.92. The topological polar surface area (TPSA) is 49.3 Å². The van der Waals surface area contributed by atoms with Crippen molar-refractivity contribution in [3.8, 4) is 0 Å². The molecule has 3 heteroatoms. The Balaban J connectivity index is 2.21. The van der Waals surface area contributed by atoms with E-state index in [9.17, 15) is 4.79 Å². The number of nitrogens with one attached hydrogen (secondary N) is 1. The number of benzene rings is 2. The van der Waals surface area contributed by atoms with Gasteiger partial charge in [0.05, 0.1) is 6.61 Å². The molecule has 0 aliphatic heterocycles. The van der Waals surface area contributed by atoms with Crippen LogP contribution in [0.3, 0.4) is 0 Å². The fourth-order valence-corrected chi connectivity index (χ4v) is 1.80. The molecule has 0 atom stereocenters. The number of rotatable bonds is 4. The van der Waals surface area contributed by atoms with Gasteiger partial charge < -0.3 is 10.4 Å². The summed E-state index contributed by atoms with van der Waals surface area (Å²) < 4.78 is 0. The molecule has 0 unspecified atom stereocenters. The van der Waals surface area contributed by atoms with Gasteiger partial charge in [0.15, 0.2) is 0 Å². The Morgan fingerprint density at radius 1 is 1.17 bits per heavy atom. The van der Waals surface area contributed by atoms with E-state index in [2.05, 4.69) is 5.32 Å². The molecule has 0 saturated carbocycles. The molecule has 0 fully saturated rings. The van der Waals surface area contributed by atoms with E-state index in [1.54, 1.807) is 6.08 Å². The third kappa shape index (κ3) is 2.96. The second-order valence-corrected chi connectivity index (χ2v) is 3.92. The van der Waals surface area contributed by atoms with Crippen LogP contribution >= 0.6 is 0 Å². The van der Waals surface area contributed by atoms with Gasteiger partial charge in [0, 0.05) is 12.6 Å². The summed E-state index contributed by atoms with van der Waals surface area (Å²) in [5.74, 6) is -0.197. The zero-order valence-corrected chi connectivity index (χ0v) is 9.97. The number of hydrogen-bond donors (Lipinski definition) is 2. The summed E-state index contributed by atoms with van der Waals surface area (Å²) >= 11 is 0. The Bertz CT molecular complexity index is 570. The molecule has 0 spiro atoms. The first-order chi connectivity index (χ1) is 8.81. The van der Waals surface area contributed by atoms with Gasteiger partial charge in [0.2, 0.25) is 5.91 Å². The maximum Gasteiger partial charge on any atom is 0.244 e. The lowest BCUT2D eigenvalue weighted by atomic mass is 10.0. The van der Waals surface area contributed by atoms with Gasteiger partial charge in [-0.1, -0.05) is 42.5 Å². The molecule has 0 bridgehead atoms. The largest absolute Gasteiger partial charge is 0.395 e. The fraction of sp³-hybridized carbons (Fsp3) is 0.133. The molecule has 92 valence electrons. The van der Waals surface area contributed by atoms with Crippen molar-refractivity contribution in [2.24, 2.45) is 0 Å². The highest BCUT2D eigenvalue weighted by atomic mass is 16.3. The fourth-order valence-electron chi connectivity index (χ4n) is 1.80. The summed E-state index contributed by atoms with van der Waals surface area (Å²) in [6, 6.07) is 14.0. The van der Waals surface area contributed by atoms with E-state index in [4.69, 9.17) is 5.11 Å². The minimum atomic E-state index is -0.197. The maximum absolute atomic E-state index is 11.4. The third-order valence-electron chi connectivity index (χ3n) is 2.65. The molecule has 0 saturated heterocycles. The molecule has 0 heterocycles. The monoisotopic (exact) mass is 241 g/mol. The molecule has 0 aliphatic rings. The zero-order valence-electron chi connectivity index (χ0n) is 9.97. The summed E-state index contributed by atoms with van der Waals surface area (Å²) in [7, 11) is 0. The van der Waals surface area contributed by atoms with Crippen molar-refractivity contribution >= 4 is 22.8 Å². The van der Waals surface area contributed by atoms with Crippen LogP contribution in [0.1, 0.15) is 5.56 Å². The van der Waals surface area contributed by atoms with Crippen LogP contribution in [-0.2, 0) is 4.79 Å². The van der Waals surface area contributed by atoms with Crippen LogP contribution in [0, 0.1) is 0 Å². The van der Waals surface area contributed by atoms with E-state index in [-0.39, 0.29) is 19.1 Å². The zero-order chi connectivity index (χ0) is 12.8. The predicted octanol–water partition coefficient (Wildman–Crippen LogP) is 1.96. The molecule has 3 nitrogen and oxygen atoms in total. The summed E-state index contributed by atoms with van der Waals surface area (Å²) in [5, 5.41) is 13.4. The van der Waals surface area contributed by atoms with Crippen molar-refractivity contribution in [1.29, 1.82) is 0 Å². The van der Waals surface area contributed by atoms with Gasteiger partial charge in [0.1, 0.15) is 0 Å². The number of fused-ring (bicyclic) bond motifs is 1. The van der Waals surface area contributed by atoms with E-state index < -0.39 is 0 Å². The van der Waals surface area contributed by atoms with Gasteiger partial charge in [0.25, 0.3) is 0 Å². The number of aliphatic hydroxyl groups is 1.